The van der Waals surface area contributed by atoms with E-state index in [0.29, 0.717) is 0 Å². The van der Waals surface area contributed by atoms with Gasteiger partial charge in [0.05, 0.1) is 0 Å². The molecule has 0 aliphatic carbocycles. The lowest BCUT2D eigenvalue weighted by molar-refractivity contribution is 0.473. The SMILES string of the molecule is CCCCCCC(C)NCCCCC. The van der Waals surface area contributed by atoms with Crippen molar-refractivity contribution in [2.45, 2.75) is 78.2 Å². The van der Waals surface area contributed by atoms with Gasteiger partial charge in [0, 0.05) is 6.04 Å². The van der Waals surface area contributed by atoms with Crippen LogP contribution in [0.25, 0.3) is 0 Å². The quantitative estimate of drug-likeness (QED) is 0.522. The van der Waals surface area contributed by atoms with E-state index in [1.165, 1.54) is 57.9 Å². The summed E-state index contributed by atoms with van der Waals surface area (Å²) in [4.78, 5) is 0. The Morgan fingerprint density at radius 2 is 1.50 bits per heavy atom. The van der Waals surface area contributed by atoms with Crippen LogP contribution in [0.5, 0.6) is 0 Å². The molecule has 1 N–H and O–H groups in total. The Hall–Kier alpha value is -0.0400. The monoisotopic (exact) mass is 199 g/mol. The van der Waals surface area contributed by atoms with Gasteiger partial charge >= 0.3 is 0 Å². The average Bonchev–Trinajstić information content (AvgIpc) is 2.19. The fourth-order valence-electron chi connectivity index (χ4n) is 1.70. The highest BCUT2D eigenvalue weighted by molar-refractivity contribution is 4.60. The van der Waals surface area contributed by atoms with E-state index in [-0.39, 0.29) is 0 Å². The molecule has 0 aromatic heterocycles. The van der Waals surface area contributed by atoms with E-state index in [4.69, 9.17) is 0 Å². The summed E-state index contributed by atoms with van der Waals surface area (Å²) in [6.45, 7) is 8.06. The lowest BCUT2D eigenvalue weighted by Crippen LogP contribution is -2.26. The molecule has 1 nitrogen and oxygen atoms in total. The van der Waals surface area contributed by atoms with Gasteiger partial charge in [-0.2, -0.15) is 0 Å². The van der Waals surface area contributed by atoms with Crippen LogP contribution in [-0.2, 0) is 0 Å². The van der Waals surface area contributed by atoms with Crippen LogP contribution in [0.4, 0.5) is 0 Å². The highest BCUT2D eigenvalue weighted by atomic mass is 14.9. The Labute approximate surface area is 90.7 Å². The maximum atomic E-state index is 3.59. The maximum Gasteiger partial charge on any atom is 0.00387 e. The topological polar surface area (TPSA) is 12.0 Å². The molecule has 86 valence electrons. The maximum absolute atomic E-state index is 3.59. The fraction of sp³-hybridized carbons (Fsp3) is 1.00. The first-order valence-electron chi connectivity index (χ1n) is 6.54. The molecule has 1 unspecified atom stereocenters. The van der Waals surface area contributed by atoms with Gasteiger partial charge < -0.3 is 5.32 Å². The molecule has 0 bridgehead atoms. The van der Waals surface area contributed by atoms with Crippen molar-refractivity contribution in [1.82, 2.24) is 5.32 Å². The Bertz CT molecular complexity index is 89.4. The molecule has 0 spiro atoms. The molecule has 1 atom stereocenters. The second-order valence-corrected chi connectivity index (χ2v) is 4.41. The van der Waals surface area contributed by atoms with Gasteiger partial charge in [-0.15, -0.1) is 0 Å². The van der Waals surface area contributed by atoms with Gasteiger partial charge in [0.15, 0.2) is 0 Å². The Morgan fingerprint density at radius 1 is 0.857 bits per heavy atom. The first kappa shape index (κ1) is 14.0. The summed E-state index contributed by atoms with van der Waals surface area (Å²) in [6, 6.07) is 0.726. The standard InChI is InChI=1S/C13H29N/c1-4-6-8-9-11-13(3)14-12-10-7-5-2/h13-14H,4-12H2,1-3H3. The van der Waals surface area contributed by atoms with E-state index in [2.05, 4.69) is 26.1 Å². The van der Waals surface area contributed by atoms with Gasteiger partial charge in [-0.05, 0) is 26.3 Å². The molecule has 0 aromatic rings. The summed E-state index contributed by atoms with van der Waals surface area (Å²) in [5.74, 6) is 0. The van der Waals surface area contributed by atoms with Crippen molar-refractivity contribution in [2.24, 2.45) is 0 Å². The molecule has 0 radical (unpaired) electrons. The van der Waals surface area contributed by atoms with Crippen molar-refractivity contribution in [3.63, 3.8) is 0 Å². The summed E-state index contributed by atoms with van der Waals surface area (Å²) in [6.07, 6.45) is 11.0. The number of hydrogen-bond donors (Lipinski definition) is 1. The van der Waals surface area contributed by atoms with E-state index in [1.54, 1.807) is 0 Å². The summed E-state index contributed by atoms with van der Waals surface area (Å²) >= 11 is 0. The lowest BCUT2D eigenvalue weighted by atomic mass is 10.1. The minimum absolute atomic E-state index is 0.726. The Balaban J connectivity index is 3.07. The highest BCUT2D eigenvalue weighted by Gasteiger charge is 1.99. The molecular formula is C13H29N. The number of hydrogen-bond acceptors (Lipinski definition) is 1. The van der Waals surface area contributed by atoms with Crippen LogP contribution in [0.1, 0.15) is 72.1 Å². The second-order valence-electron chi connectivity index (χ2n) is 4.41. The van der Waals surface area contributed by atoms with Crippen LogP contribution in [-0.4, -0.2) is 12.6 Å². The van der Waals surface area contributed by atoms with Crippen molar-refractivity contribution in [3.05, 3.63) is 0 Å². The van der Waals surface area contributed by atoms with Crippen LogP contribution in [0.2, 0.25) is 0 Å². The third-order valence-corrected chi connectivity index (χ3v) is 2.76. The van der Waals surface area contributed by atoms with Crippen molar-refractivity contribution in [2.75, 3.05) is 6.54 Å². The van der Waals surface area contributed by atoms with Crippen LogP contribution in [0, 0.1) is 0 Å². The molecule has 0 saturated carbocycles. The van der Waals surface area contributed by atoms with Gasteiger partial charge in [-0.1, -0.05) is 52.4 Å². The molecule has 0 aliphatic heterocycles. The zero-order valence-electron chi connectivity index (χ0n) is 10.4. The first-order chi connectivity index (χ1) is 6.81. The number of nitrogens with one attached hydrogen (secondary N) is 1. The van der Waals surface area contributed by atoms with E-state index < -0.39 is 0 Å². The number of rotatable bonds is 10. The molecule has 1 heteroatoms. The van der Waals surface area contributed by atoms with Gasteiger partial charge in [0.1, 0.15) is 0 Å². The van der Waals surface area contributed by atoms with Crippen molar-refractivity contribution in [3.8, 4) is 0 Å². The minimum atomic E-state index is 0.726. The van der Waals surface area contributed by atoms with Crippen LogP contribution >= 0.6 is 0 Å². The van der Waals surface area contributed by atoms with Crippen LogP contribution in [0.3, 0.4) is 0 Å². The largest absolute Gasteiger partial charge is 0.314 e. The minimum Gasteiger partial charge on any atom is -0.314 e. The van der Waals surface area contributed by atoms with Crippen LogP contribution in [0.15, 0.2) is 0 Å². The Morgan fingerprint density at radius 3 is 2.14 bits per heavy atom. The zero-order valence-corrected chi connectivity index (χ0v) is 10.4. The summed E-state index contributed by atoms with van der Waals surface area (Å²) < 4.78 is 0. The molecular weight excluding hydrogens is 170 g/mol. The van der Waals surface area contributed by atoms with Gasteiger partial charge in [-0.3, -0.25) is 0 Å². The van der Waals surface area contributed by atoms with Crippen molar-refractivity contribution < 1.29 is 0 Å². The summed E-state index contributed by atoms with van der Waals surface area (Å²) in [5, 5.41) is 3.59. The molecule has 0 aliphatic rings. The molecule has 14 heavy (non-hydrogen) atoms. The predicted molar refractivity (Wildman–Crippen MR) is 65.7 cm³/mol. The van der Waals surface area contributed by atoms with E-state index >= 15 is 0 Å². The molecule has 0 rings (SSSR count). The Kier molecular flexibility index (Phi) is 11.0. The zero-order chi connectivity index (χ0) is 10.6. The third kappa shape index (κ3) is 10.0. The van der Waals surface area contributed by atoms with Gasteiger partial charge in [-0.25, -0.2) is 0 Å². The molecule has 0 fully saturated rings. The van der Waals surface area contributed by atoms with E-state index in [9.17, 15) is 0 Å². The summed E-state index contributed by atoms with van der Waals surface area (Å²) in [7, 11) is 0. The highest BCUT2D eigenvalue weighted by Crippen LogP contribution is 2.05. The summed E-state index contributed by atoms with van der Waals surface area (Å²) in [5.41, 5.74) is 0. The fourth-order valence-corrected chi connectivity index (χ4v) is 1.70. The number of unbranched alkanes of at least 4 members (excludes halogenated alkanes) is 5. The van der Waals surface area contributed by atoms with E-state index in [1.807, 2.05) is 0 Å². The smallest absolute Gasteiger partial charge is 0.00387 e. The lowest BCUT2D eigenvalue weighted by Gasteiger charge is -2.13. The van der Waals surface area contributed by atoms with Crippen molar-refractivity contribution in [1.29, 1.82) is 0 Å². The molecule has 0 saturated heterocycles. The normalized spacial score (nSPS) is 13.1. The van der Waals surface area contributed by atoms with Crippen LogP contribution < -0.4 is 5.32 Å². The van der Waals surface area contributed by atoms with Gasteiger partial charge in [0.2, 0.25) is 0 Å². The molecule has 0 aromatic carbocycles. The second kappa shape index (κ2) is 11.0. The predicted octanol–water partition coefficient (Wildman–Crippen LogP) is 4.13. The average molecular weight is 199 g/mol. The molecule has 0 heterocycles. The molecule has 0 amide bonds. The first-order valence-corrected chi connectivity index (χ1v) is 6.54. The van der Waals surface area contributed by atoms with E-state index in [0.717, 1.165) is 6.04 Å². The van der Waals surface area contributed by atoms with Crippen molar-refractivity contribution >= 4 is 0 Å². The third-order valence-electron chi connectivity index (χ3n) is 2.76. The van der Waals surface area contributed by atoms with Gasteiger partial charge in [0.25, 0.3) is 0 Å².